The number of rotatable bonds is 3. The third kappa shape index (κ3) is 3.22. The predicted molar refractivity (Wildman–Crippen MR) is 65.1 cm³/mol. The van der Waals surface area contributed by atoms with Crippen molar-refractivity contribution in [3.63, 3.8) is 0 Å². The van der Waals surface area contributed by atoms with Gasteiger partial charge in [0.1, 0.15) is 5.75 Å². The molecule has 0 bridgehead atoms. The van der Waals surface area contributed by atoms with Gasteiger partial charge in [0.2, 0.25) is 0 Å². The maximum Gasteiger partial charge on any atom is 0.126 e. The maximum absolute atomic E-state index is 10.7. The second-order valence-electron chi connectivity index (χ2n) is 5.30. The molecule has 0 saturated carbocycles. The molecule has 1 aromatic rings. The van der Waals surface area contributed by atoms with Crippen LogP contribution in [0, 0.1) is 6.92 Å². The Hall–Kier alpha value is -1.51. The van der Waals surface area contributed by atoms with E-state index in [0.29, 0.717) is 11.3 Å². The Balaban J connectivity index is 3.40. The maximum atomic E-state index is 10.7. The molecule has 0 aliphatic carbocycles. The van der Waals surface area contributed by atoms with Crippen LogP contribution in [0.3, 0.4) is 0 Å². The zero-order valence-electron chi connectivity index (χ0n) is 11.1. The number of aliphatic carboxylic acids is 1. The number of benzene rings is 1. The summed E-state index contributed by atoms with van der Waals surface area (Å²) in [6, 6.07) is 3.88. The van der Waals surface area contributed by atoms with E-state index in [-0.39, 0.29) is 11.8 Å². The summed E-state index contributed by atoms with van der Waals surface area (Å²) in [6.07, 6.45) is -0.117. The topological polar surface area (TPSA) is 49.4 Å². The Kier molecular flexibility index (Phi) is 3.81. The number of carboxylic acid groups (broad SMARTS) is 1. The van der Waals surface area contributed by atoms with E-state index in [9.17, 15) is 9.90 Å². The van der Waals surface area contributed by atoms with Gasteiger partial charge in [-0.15, -0.1) is 0 Å². The van der Waals surface area contributed by atoms with Crippen LogP contribution in [0.1, 0.15) is 37.5 Å². The molecule has 0 N–H and O–H groups in total. The Labute approximate surface area is 102 Å². The Bertz CT molecular complexity index is 428. The lowest BCUT2D eigenvalue weighted by molar-refractivity contribution is -0.304. The van der Waals surface area contributed by atoms with Crippen LogP contribution in [0.25, 0.3) is 0 Å². The van der Waals surface area contributed by atoms with Gasteiger partial charge in [0, 0.05) is 23.5 Å². The molecule has 1 aromatic carbocycles. The molecule has 0 spiro atoms. The summed E-state index contributed by atoms with van der Waals surface area (Å²) in [5.41, 5.74) is 2.65. The van der Waals surface area contributed by atoms with Crippen molar-refractivity contribution < 1.29 is 14.6 Å². The summed E-state index contributed by atoms with van der Waals surface area (Å²) in [5, 5.41) is 10.7. The summed E-state index contributed by atoms with van der Waals surface area (Å²) in [6.45, 7) is 8.18. The molecule has 3 nitrogen and oxygen atoms in total. The molecule has 1 rings (SSSR count). The molecule has 0 aromatic heterocycles. The van der Waals surface area contributed by atoms with Crippen molar-refractivity contribution in [1.29, 1.82) is 0 Å². The van der Waals surface area contributed by atoms with Crippen LogP contribution in [-0.2, 0) is 16.6 Å². The highest BCUT2D eigenvalue weighted by Crippen LogP contribution is 2.35. The van der Waals surface area contributed by atoms with E-state index >= 15 is 0 Å². The van der Waals surface area contributed by atoms with Crippen LogP contribution in [0.2, 0.25) is 0 Å². The second-order valence-corrected chi connectivity index (χ2v) is 5.30. The fourth-order valence-electron chi connectivity index (χ4n) is 1.93. The SMILES string of the molecule is COc1c(CC(=O)[O-])cc(C)cc1C(C)(C)C. The zero-order valence-corrected chi connectivity index (χ0v) is 11.1. The first-order valence-electron chi connectivity index (χ1n) is 5.63. The van der Waals surface area contributed by atoms with Crippen molar-refractivity contribution in [1.82, 2.24) is 0 Å². The Morgan fingerprint density at radius 3 is 2.35 bits per heavy atom. The highest BCUT2D eigenvalue weighted by molar-refractivity contribution is 5.70. The standard InChI is InChI=1S/C14H20O3/c1-9-6-10(8-12(15)16)13(17-5)11(7-9)14(2,3)4/h6-7H,8H2,1-5H3,(H,15,16)/p-1. The quantitative estimate of drug-likeness (QED) is 0.799. The van der Waals surface area contributed by atoms with Crippen molar-refractivity contribution in [2.45, 2.75) is 39.5 Å². The average Bonchev–Trinajstić information content (AvgIpc) is 2.14. The van der Waals surface area contributed by atoms with Crippen molar-refractivity contribution in [3.8, 4) is 5.75 Å². The summed E-state index contributed by atoms with van der Waals surface area (Å²) in [4.78, 5) is 10.7. The van der Waals surface area contributed by atoms with Crippen molar-refractivity contribution in [2.24, 2.45) is 0 Å². The first-order chi connectivity index (χ1) is 7.75. The van der Waals surface area contributed by atoms with Gasteiger partial charge in [0.15, 0.2) is 0 Å². The van der Waals surface area contributed by atoms with Crippen LogP contribution < -0.4 is 9.84 Å². The smallest absolute Gasteiger partial charge is 0.126 e. The predicted octanol–water partition coefficient (Wildman–Crippen LogP) is 1.59. The minimum atomic E-state index is -1.09. The van der Waals surface area contributed by atoms with Gasteiger partial charge in [-0.1, -0.05) is 38.5 Å². The molecular weight excluding hydrogens is 216 g/mol. The second kappa shape index (κ2) is 4.78. The van der Waals surface area contributed by atoms with Gasteiger partial charge >= 0.3 is 0 Å². The lowest BCUT2D eigenvalue weighted by atomic mass is 9.83. The normalized spacial score (nSPS) is 11.4. The highest BCUT2D eigenvalue weighted by atomic mass is 16.5. The van der Waals surface area contributed by atoms with Crippen LogP contribution >= 0.6 is 0 Å². The van der Waals surface area contributed by atoms with Crippen molar-refractivity contribution >= 4 is 5.97 Å². The summed E-state index contributed by atoms with van der Waals surface area (Å²) in [7, 11) is 1.57. The van der Waals surface area contributed by atoms with Gasteiger partial charge in [0.25, 0.3) is 0 Å². The van der Waals surface area contributed by atoms with E-state index < -0.39 is 5.97 Å². The lowest BCUT2D eigenvalue weighted by Crippen LogP contribution is -2.25. The molecule has 17 heavy (non-hydrogen) atoms. The molecule has 0 atom stereocenters. The van der Waals surface area contributed by atoms with E-state index in [1.165, 1.54) is 0 Å². The fourth-order valence-corrected chi connectivity index (χ4v) is 1.93. The van der Waals surface area contributed by atoms with Crippen LogP contribution in [-0.4, -0.2) is 13.1 Å². The Morgan fingerprint density at radius 1 is 1.35 bits per heavy atom. The number of aryl methyl sites for hydroxylation is 1. The van der Waals surface area contributed by atoms with Gasteiger partial charge in [0.05, 0.1) is 7.11 Å². The number of hydrogen-bond donors (Lipinski definition) is 0. The molecule has 0 saturated heterocycles. The molecule has 0 unspecified atom stereocenters. The van der Waals surface area contributed by atoms with Gasteiger partial charge in [-0.2, -0.15) is 0 Å². The van der Waals surface area contributed by atoms with Crippen LogP contribution in [0.5, 0.6) is 5.75 Å². The van der Waals surface area contributed by atoms with Crippen LogP contribution in [0.15, 0.2) is 12.1 Å². The molecule has 0 aliphatic rings. The largest absolute Gasteiger partial charge is 0.550 e. The fraction of sp³-hybridized carbons (Fsp3) is 0.500. The lowest BCUT2D eigenvalue weighted by Gasteiger charge is -2.25. The molecule has 0 heterocycles. The van der Waals surface area contributed by atoms with Gasteiger partial charge in [-0.05, 0) is 12.3 Å². The van der Waals surface area contributed by atoms with Gasteiger partial charge in [-0.25, -0.2) is 0 Å². The summed E-state index contributed by atoms with van der Waals surface area (Å²) >= 11 is 0. The van der Waals surface area contributed by atoms with E-state index in [4.69, 9.17) is 4.74 Å². The zero-order chi connectivity index (χ0) is 13.2. The summed E-state index contributed by atoms with van der Waals surface area (Å²) < 4.78 is 5.37. The third-order valence-electron chi connectivity index (χ3n) is 2.66. The number of carbonyl (C=O) groups excluding carboxylic acids is 1. The average molecular weight is 235 g/mol. The number of hydrogen-bond acceptors (Lipinski definition) is 3. The molecule has 0 radical (unpaired) electrons. The first kappa shape index (κ1) is 13.6. The third-order valence-corrected chi connectivity index (χ3v) is 2.66. The minimum Gasteiger partial charge on any atom is -0.550 e. The molecule has 94 valence electrons. The number of carboxylic acids is 1. The van der Waals surface area contributed by atoms with Gasteiger partial charge in [-0.3, -0.25) is 0 Å². The van der Waals surface area contributed by atoms with E-state index in [1.54, 1.807) is 7.11 Å². The van der Waals surface area contributed by atoms with Crippen molar-refractivity contribution in [3.05, 3.63) is 28.8 Å². The summed E-state index contributed by atoms with van der Waals surface area (Å²) in [5.74, 6) is -0.430. The molecule has 0 amide bonds. The molecular formula is C14H19O3-. The van der Waals surface area contributed by atoms with E-state index in [0.717, 1.165) is 11.1 Å². The highest BCUT2D eigenvalue weighted by Gasteiger charge is 2.21. The first-order valence-corrected chi connectivity index (χ1v) is 5.63. The van der Waals surface area contributed by atoms with Gasteiger partial charge < -0.3 is 14.6 Å². The van der Waals surface area contributed by atoms with Crippen LogP contribution in [0.4, 0.5) is 0 Å². The van der Waals surface area contributed by atoms with E-state index in [1.807, 2.05) is 19.1 Å². The molecule has 0 fully saturated rings. The minimum absolute atomic E-state index is 0.0853. The van der Waals surface area contributed by atoms with Crippen molar-refractivity contribution in [2.75, 3.05) is 7.11 Å². The number of methoxy groups -OCH3 is 1. The van der Waals surface area contributed by atoms with E-state index in [2.05, 4.69) is 20.8 Å². The number of ether oxygens (including phenoxy) is 1. The monoisotopic (exact) mass is 235 g/mol. The molecule has 0 aliphatic heterocycles. The molecule has 3 heteroatoms. The Morgan fingerprint density at radius 2 is 1.94 bits per heavy atom. The number of carbonyl (C=O) groups is 1.